The minimum atomic E-state index is -0.131. The van der Waals surface area contributed by atoms with Crippen molar-refractivity contribution in [3.63, 3.8) is 0 Å². The molecule has 0 radical (unpaired) electrons. The van der Waals surface area contributed by atoms with Crippen LogP contribution in [0.4, 0.5) is 0 Å². The number of ether oxygens (including phenoxy) is 1. The van der Waals surface area contributed by atoms with Crippen LogP contribution in [-0.2, 0) is 23.0 Å². The van der Waals surface area contributed by atoms with Crippen molar-refractivity contribution in [1.29, 1.82) is 0 Å². The van der Waals surface area contributed by atoms with Gasteiger partial charge in [-0.2, -0.15) is 0 Å². The first-order chi connectivity index (χ1) is 7.68. The molecule has 0 aliphatic carbocycles. The van der Waals surface area contributed by atoms with E-state index in [4.69, 9.17) is 10.5 Å². The lowest BCUT2D eigenvalue weighted by Gasteiger charge is -2.11. The number of hydrogen-bond donors (Lipinski definition) is 1. The second kappa shape index (κ2) is 4.76. The lowest BCUT2D eigenvalue weighted by molar-refractivity contribution is -0.123. The number of ketones is 1. The van der Waals surface area contributed by atoms with Gasteiger partial charge in [-0.15, -0.1) is 0 Å². The molecule has 0 spiro atoms. The molecule has 2 rings (SSSR count). The number of nitrogens with two attached hydrogens (primary N) is 1. The van der Waals surface area contributed by atoms with Crippen molar-refractivity contribution < 1.29 is 9.53 Å². The second-order valence-corrected chi connectivity index (χ2v) is 4.23. The zero-order valence-electron chi connectivity index (χ0n) is 9.43. The molecule has 5 heteroatoms. The fourth-order valence-electron chi connectivity index (χ4n) is 1.96. The van der Waals surface area contributed by atoms with Crippen LogP contribution in [0.3, 0.4) is 0 Å². The Balaban J connectivity index is 1.86. The summed E-state index contributed by atoms with van der Waals surface area (Å²) in [5.41, 5.74) is 5.79. The number of hydrogen-bond acceptors (Lipinski definition) is 4. The second-order valence-electron chi connectivity index (χ2n) is 4.23. The van der Waals surface area contributed by atoms with Crippen LogP contribution in [0.1, 0.15) is 12.2 Å². The highest BCUT2D eigenvalue weighted by molar-refractivity contribution is 5.82. The molecule has 0 aromatic carbocycles. The smallest absolute Gasteiger partial charge is 0.140 e. The fraction of sp³-hybridized carbons (Fsp3) is 0.636. The molecule has 2 heterocycles. The minimum Gasteiger partial charge on any atom is -0.379 e. The van der Waals surface area contributed by atoms with Gasteiger partial charge in [0.25, 0.3) is 0 Å². The molecular weight excluding hydrogens is 206 g/mol. The molecule has 1 aromatic rings. The molecule has 1 saturated heterocycles. The summed E-state index contributed by atoms with van der Waals surface area (Å²) in [5, 5.41) is 0. The predicted molar refractivity (Wildman–Crippen MR) is 58.8 cm³/mol. The summed E-state index contributed by atoms with van der Waals surface area (Å²) in [4.78, 5) is 16.0. The Morgan fingerprint density at radius 3 is 3.06 bits per heavy atom. The number of imidazole rings is 1. The van der Waals surface area contributed by atoms with Crippen LogP contribution in [0.5, 0.6) is 0 Å². The molecule has 88 valence electrons. The Bertz CT molecular complexity index is 375. The number of rotatable bonds is 4. The summed E-state index contributed by atoms with van der Waals surface area (Å²) in [5.74, 6) is 0.995. The summed E-state index contributed by atoms with van der Waals surface area (Å²) >= 11 is 0. The molecule has 16 heavy (non-hydrogen) atoms. The van der Waals surface area contributed by atoms with E-state index >= 15 is 0 Å². The predicted octanol–water partition coefficient (Wildman–Crippen LogP) is -0.104. The molecule has 5 nitrogen and oxygen atoms in total. The lowest BCUT2D eigenvalue weighted by Crippen LogP contribution is -2.34. The van der Waals surface area contributed by atoms with Crippen molar-refractivity contribution in [1.82, 2.24) is 9.55 Å². The van der Waals surface area contributed by atoms with Crippen molar-refractivity contribution in [3.8, 4) is 0 Å². The summed E-state index contributed by atoms with van der Waals surface area (Å²) in [6.45, 7) is 0.972. The van der Waals surface area contributed by atoms with Crippen LogP contribution >= 0.6 is 0 Å². The largest absolute Gasteiger partial charge is 0.379 e. The Kier molecular flexibility index (Phi) is 3.36. The summed E-state index contributed by atoms with van der Waals surface area (Å²) in [6, 6.07) is -0.131. The first kappa shape index (κ1) is 11.3. The van der Waals surface area contributed by atoms with Crippen molar-refractivity contribution in [2.24, 2.45) is 18.7 Å². The molecule has 1 fully saturated rings. The number of Topliss-reactive ketones (excluding diaryl/α,β-unsaturated/α-hetero) is 1. The van der Waals surface area contributed by atoms with E-state index in [1.165, 1.54) is 0 Å². The van der Waals surface area contributed by atoms with Crippen LogP contribution in [0.2, 0.25) is 0 Å². The van der Waals surface area contributed by atoms with E-state index in [2.05, 4.69) is 4.98 Å². The Labute approximate surface area is 94.6 Å². The number of aryl methyl sites for hydroxylation is 2. The molecule has 1 aliphatic rings. The monoisotopic (exact) mass is 223 g/mol. The standard InChI is InChI=1S/C11H17N3O2/c1-14-5-4-13-11(14)3-2-10(15)8-6-16-7-9(8)12/h4-5,8-9H,2-3,6-7,12H2,1H3. The maximum absolute atomic E-state index is 11.9. The zero-order valence-corrected chi connectivity index (χ0v) is 9.43. The lowest BCUT2D eigenvalue weighted by atomic mass is 9.96. The van der Waals surface area contributed by atoms with E-state index in [1.54, 1.807) is 6.20 Å². The van der Waals surface area contributed by atoms with Gasteiger partial charge in [0, 0.05) is 38.3 Å². The quantitative estimate of drug-likeness (QED) is 0.773. The van der Waals surface area contributed by atoms with Gasteiger partial charge in [-0.1, -0.05) is 0 Å². The van der Waals surface area contributed by atoms with Gasteiger partial charge in [0.1, 0.15) is 11.6 Å². The molecule has 2 unspecified atom stereocenters. The molecular formula is C11H17N3O2. The highest BCUT2D eigenvalue weighted by Gasteiger charge is 2.30. The summed E-state index contributed by atoms with van der Waals surface area (Å²) < 4.78 is 7.11. The van der Waals surface area contributed by atoms with Crippen LogP contribution in [0, 0.1) is 5.92 Å². The van der Waals surface area contributed by atoms with Gasteiger partial charge in [0.2, 0.25) is 0 Å². The number of aromatic nitrogens is 2. The number of nitrogens with zero attached hydrogens (tertiary/aromatic N) is 2. The van der Waals surface area contributed by atoms with E-state index < -0.39 is 0 Å². The highest BCUT2D eigenvalue weighted by atomic mass is 16.5. The number of carbonyl (C=O) groups is 1. The zero-order chi connectivity index (χ0) is 11.5. The topological polar surface area (TPSA) is 70.1 Å². The van der Waals surface area contributed by atoms with Gasteiger partial charge < -0.3 is 15.0 Å². The molecule has 0 saturated carbocycles. The van der Waals surface area contributed by atoms with Gasteiger partial charge in [-0.3, -0.25) is 4.79 Å². The fourth-order valence-corrected chi connectivity index (χ4v) is 1.96. The SMILES string of the molecule is Cn1ccnc1CCC(=O)C1COCC1N. The Morgan fingerprint density at radius 2 is 2.50 bits per heavy atom. The maximum Gasteiger partial charge on any atom is 0.140 e. The number of carbonyl (C=O) groups excluding carboxylic acids is 1. The molecule has 0 bridgehead atoms. The van der Waals surface area contributed by atoms with Crippen LogP contribution < -0.4 is 5.73 Å². The maximum atomic E-state index is 11.9. The van der Waals surface area contributed by atoms with Crippen molar-refractivity contribution in [2.45, 2.75) is 18.9 Å². The van der Waals surface area contributed by atoms with Gasteiger partial charge >= 0.3 is 0 Å². The van der Waals surface area contributed by atoms with Gasteiger partial charge in [0.05, 0.1) is 19.1 Å². The van der Waals surface area contributed by atoms with Crippen LogP contribution in [0.15, 0.2) is 12.4 Å². The van der Waals surface area contributed by atoms with Crippen molar-refractivity contribution in [2.75, 3.05) is 13.2 Å². The first-order valence-corrected chi connectivity index (χ1v) is 5.50. The van der Waals surface area contributed by atoms with E-state index in [0.29, 0.717) is 26.1 Å². The minimum absolute atomic E-state index is 0.125. The van der Waals surface area contributed by atoms with E-state index in [9.17, 15) is 4.79 Å². The Hall–Kier alpha value is -1.20. The average Bonchev–Trinajstić information content (AvgIpc) is 2.84. The van der Waals surface area contributed by atoms with Crippen molar-refractivity contribution >= 4 is 5.78 Å². The van der Waals surface area contributed by atoms with E-state index in [1.807, 2.05) is 17.8 Å². The van der Waals surface area contributed by atoms with Gasteiger partial charge in [0.15, 0.2) is 0 Å². The molecule has 2 N–H and O–H groups in total. The Morgan fingerprint density at radius 1 is 1.69 bits per heavy atom. The van der Waals surface area contributed by atoms with E-state index in [0.717, 1.165) is 5.82 Å². The van der Waals surface area contributed by atoms with E-state index in [-0.39, 0.29) is 17.7 Å². The van der Waals surface area contributed by atoms with Crippen LogP contribution in [0.25, 0.3) is 0 Å². The third-order valence-corrected chi connectivity index (χ3v) is 3.05. The summed E-state index contributed by atoms with van der Waals surface area (Å²) in [6.07, 6.45) is 4.78. The molecule has 0 amide bonds. The molecule has 1 aliphatic heterocycles. The third-order valence-electron chi connectivity index (χ3n) is 3.05. The molecule has 1 aromatic heterocycles. The summed E-state index contributed by atoms with van der Waals surface area (Å²) in [7, 11) is 1.93. The van der Waals surface area contributed by atoms with Crippen molar-refractivity contribution in [3.05, 3.63) is 18.2 Å². The molecule has 2 atom stereocenters. The first-order valence-electron chi connectivity index (χ1n) is 5.50. The van der Waals surface area contributed by atoms with Gasteiger partial charge in [-0.05, 0) is 0 Å². The van der Waals surface area contributed by atoms with Crippen LogP contribution in [-0.4, -0.2) is 34.6 Å². The van der Waals surface area contributed by atoms with Gasteiger partial charge in [-0.25, -0.2) is 4.98 Å². The highest BCUT2D eigenvalue weighted by Crippen LogP contribution is 2.15. The third kappa shape index (κ3) is 2.31. The normalized spacial score (nSPS) is 24.9. The average molecular weight is 223 g/mol.